The van der Waals surface area contributed by atoms with E-state index >= 15 is 0 Å². The van der Waals surface area contributed by atoms with Gasteiger partial charge in [0, 0.05) is 40.1 Å². The summed E-state index contributed by atoms with van der Waals surface area (Å²) in [6.07, 6.45) is 7.57. The number of hydrogen-bond acceptors (Lipinski definition) is 2. The maximum atomic E-state index is 12.6. The fourth-order valence-corrected chi connectivity index (χ4v) is 3.79. The highest BCUT2D eigenvalue weighted by Crippen LogP contribution is 2.25. The molecule has 0 spiro atoms. The lowest BCUT2D eigenvalue weighted by molar-refractivity contribution is 0.0693. The molecule has 1 aliphatic rings. The van der Waals surface area contributed by atoms with E-state index in [0.717, 1.165) is 35.1 Å². The monoisotopic (exact) mass is 415 g/mol. The van der Waals surface area contributed by atoms with Crippen LogP contribution < -0.4 is 0 Å². The highest BCUT2D eigenvalue weighted by Gasteiger charge is 2.25. The Morgan fingerprint density at radius 1 is 1.33 bits per heavy atom. The third-order valence-corrected chi connectivity index (χ3v) is 4.99. The average molecular weight is 416 g/mol. The van der Waals surface area contributed by atoms with Crippen LogP contribution in [-0.2, 0) is 0 Å². The smallest absolute Gasteiger partial charge is 0.254 e. The maximum absolute atomic E-state index is 12.6. The fourth-order valence-electron chi connectivity index (χ4n) is 2.69. The van der Waals surface area contributed by atoms with Crippen molar-refractivity contribution in [2.75, 3.05) is 13.1 Å². The van der Waals surface area contributed by atoms with Crippen molar-refractivity contribution in [2.45, 2.75) is 18.9 Å². The summed E-state index contributed by atoms with van der Waals surface area (Å²) in [6.45, 7) is 1.56. The molecule has 0 atom stereocenters. The summed E-state index contributed by atoms with van der Waals surface area (Å²) in [7, 11) is 0. The minimum atomic E-state index is 0.0974. The van der Waals surface area contributed by atoms with Crippen LogP contribution in [0.1, 0.15) is 29.2 Å². The molecule has 2 heterocycles. The number of rotatable bonds is 2. The van der Waals surface area contributed by atoms with Crippen LogP contribution in [0.3, 0.4) is 0 Å². The zero-order chi connectivity index (χ0) is 14.8. The molecule has 0 unspecified atom stereocenters. The first-order chi connectivity index (χ1) is 10.1. The van der Waals surface area contributed by atoms with Crippen LogP contribution in [0.15, 0.2) is 36.9 Å². The fraction of sp³-hybridized carbons (Fsp3) is 0.333. The van der Waals surface area contributed by atoms with Gasteiger partial charge in [-0.05, 0) is 53.6 Å². The van der Waals surface area contributed by atoms with Crippen LogP contribution in [0.2, 0.25) is 5.02 Å². The summed E-state index contributed by atoms with van der Waals surface area (Å²) < 4.78 is 3.04. The lowest BCUT2D eigenvalue weighted by Crippen LogP contribution is -2.39. The number of carbonyl (C=O) groups excluding carboxylic acids is 1. The Labute approximate surface area is 142 Å². The van der Waals surface area contributed by atoms with Crippen molar-refractivity contribution in [1.29, 1.82) is 0 Å². The number of carbonyl (C=O) groups is 1. The highest BCUT2D eigenvalue weighted by molar-refractivity contribution is 14.1. The summed E-state index contributed by atoms with van der Waals surface area (Å²) >= 11 is 8.11. The van der Waals surface area contributed by atoms with Crippen LogP contribution in [0.25, 0.3) is 0 Å². The predicted octanol–water partition coefficient (Wildman–Crippen LogP) is 3.62. The molecule has 110 valence electrons. The lowest BCUT2D eigenvalue weighted by atomic mass is 10.0. The Hall–Kier alpha value is -1.08. The third kappa shape index (κ3) is 3.23. The van der Waals surface area contributed by atoms with E-state index in [1.807, 2.05) is 29.6 Å². The van der Waals surface area contributed by atoms with E-state index in [4.69, 9.17) is 11.6 Å². The summed E-state index contributed by atoms with van der Waals surface area (Å²) in [5.74, 6) is 0.0974. The second kappa shape index (κ2) is 6.36. The normalized spacial score (nSPS) is 16.2. The molecule has 4 nitrogen and oxygen atoms in total. The maximum Gasteiger partial charge on any atom is 0.254 e. The Kier molecular flexibility index (Phi) is 4.49. The van der Waals surface area contributed by atoms with Crippen LogP contribution in [0.5, 0.6) is 0 Å². The Balaban J connectivity index is 1.67. The van der Waals surface area contributed by atoms with Crippen molar-refractivity contribution >= 4 is 40.1 Å². The van der Waals surface area contributed by atoms with Crippen molar-refractivity contribution in [2.24, 2.45) is 0 Å². The van der Waals surface area contributed by atoms with Gasteiger partial charge in [-0.15, -0.1) is 0 Å². The molecule has 0 aliphatic carbocycles. The molecule has 1 saturated heterocycles. The summed E-state index contributed by atoms with van der Waals surface area (Å²) in [5, 5.41) is 0.662. The Morgan fingerprint density at radius 2 is 2.10 bits per heavy atom. The second-order valence-electron chi connectivity index (χ2n) is 5.16. The molecule has 0 saturated carbocycles. The molecule has 0 radical (unpaired) electrons. The molecule has 6 heteroatoms. The lowest BCUT2D eigenvalue weighted by Gasteiger charge is -2.32. The van der Waals surface area contributed by atoms with Crippen molar-refractivity contribution in [3.05, 3.63) is 51.1 Å². The van der Waals surface area contributed by atoms with Crippen molar-refractivity contribution in [3.8, 4) is 0 Å². The van der Waals surface area contributed by atoms with Gasteiger partial charge in [0.1, 0.15) is 0 Å². The zero-order valence-electron chi connectivity index (χ0n) is 11.4. The number of imidazole rings is 1. The molecule has 1 fully saturated rings. The standard InChI is InChI=1S/C15H15ClIN3O/c16-11-1-2-13(14(17)9-11)15(21)19-6-3-12(4-7-19)20-8-5-18-10-20/h1-2,5,8-10,12H,3-4,6-7H2. The highest BCUT2D eigenvalue weighted by atomic mass is 127. The third-order valence-electron chi connectivity index (χ3n) is 3.86. The van der Waals surface area contributed by atoms with Gasteiger partial charge in [-0.3, -0.25) is 4.79 Å². The molecule has 0 bridgehead atoms. The minimum absolute atomic E-state index is 0.0974. The summed E-state index contributed by atoms with van der Waals surface area (Å²) in [6, 6.07) is 5.86. The van der Waals surface area contributed by atoms with E-state index in [2.05, 4.69) is 32.1 Å². The van der Waals surface area contributed by atoms with Gasteiger partial charge in [0.15, 0.2) is 0 Å². The number of nitrogens with zero attached hydrogens (tertiary/aromatic N) is 3. The molecule has 1 aromatic carbocycles. The Bertz CT molecular complexity index is 636. The molecule has 1 aliphatic heterocycles. The van der Waals surface area contributed by atoms with E-state index in [9.17, 15) is 4.79 Å². The van der Waals surface area contributed by atoms with Gasteiger partial charge in [0.25, 0.3) is 5.91 Å². The number of amides is 1. The van der Waals surface area contributed by atoms with Crippen molar-refractivity contribution in [1.82, 2.24) is 14.5 Å². The molecular weight excluding hydrogens is 401 g/mol. The predicted molar refractivity (Wildman–Crippen MR) is 90.6 cm³/mol. The van der Waals surface area contributed by atoms with E-state index in [0.29, 0.717) is 11.1 Å². The van der Waals surface area contributed by atoms with Gasteiger partial charge < -0.3 is 9.47 Å². The molecular formula is C15H15ClIN3O. The number of piperidine rings is 1. The number of likely N-dealkylation sites (tertiary alicyclic amines) is 1. The van der Waals surface area contributed by atoms with Crippen LogP contribution in [0, 0.1) is 3.57 Å². The van der Waals surface area contributed by atoms with Crippen molar-refractivity contribution in [3.63, 3.8) is 0 Å². The number of halogens is 2. The molecule has 1 aromatic heterocycles. The minimum Gasteiger partial charge on any atom is -0.338 e. The second-order valence-corrected chi connectivity index (χ2v) is 6.76. The topological polar surface area (TPSA) is 38.1 Å². The molecule has 0 N–H and O–H groups in total. The van der Waals surface area contributed by atoms with E-state index < -0.39 is 0 Å². The first-order valence-electron chi connectivity index (χ1n) is 6.87. The van der Waals surface area contributed by atoms with Gasteiger partial charge in [-0.25, -0.2) is 4.98 Å². The van der Waals surface area contributed by atoms with E-state index in [1.54, 1.807) is 12.3 Å². The number of benzene rings is 1. The molecule has 3 rings (SSSR count). The quantitative estimate of drug-likeness (QED) is 0.703. The van der Waals surface area contributed by atoms with Gasteiger partial charge in [0.2, 0.25) is 0 Å². The van der Waals surface area contributed by atoms with E-state index in [-0.39, 0.29) is 5.91 Å². The largest absolute Gasteiger partial charge is 0.338 e. The SMILES string of the molecule is O=C(c1ccc(Cl)cc1I)N1CCC(n2ccnc2)CC1. The van der Waals surface area contributed by atoms with Gasteiger partial charge in [0.05, 0.1) is 11.9 Å². The van der Waals surface area contributed by atoms with Crippen LogP contribution >= 0.6 is 34.2 Å². The van der Waals surface area contributed by atoms with Gasteiger partial charge in [-0.1, -0.05) is 11.6 Å². The first kappa shape index (κ1) is 14.8. The van der Waals surface area contributed by atoms with Gasteiger partial charge >= 0.3 is 0 Å². The molecule has 1 amide bonds. The van der Waals surface area contributed by atoms with Gasteiger partial charge in [-0.2, -0.15) is 0 Å². The summed E-state index contributed by atoms with van der Waals surface area (Å²) in [5.41, 5.74) is 0.737. The average Bonchev–Trinajstić information content (AvgIpc) is 3.01. The van der Waals surface area contributed by atoms with Crippen LogP contribution in [0.4, 0.5) is 0 Å². The van der Waals surface area contributed by atoms with Crippen LogP contribution in [-0.4, -0.2) is 33.4 Å². The van der Waals surface area contributed by atoms with E-state index in [1.165, 1.54) is 0 Å². The van der Waals surface area contributed by atoms with Crippen molar-refractivity contribution < 1.29 is 4.79 Å². The first-order valence-corrected chi connectivity index (χ1v) is 8.32. The summed E-state index contributed by atoms with van der Waals surface area (Å²) in [4.78, 5) is 18.6. The molecule has 21 heavy (non-hydrogen) atoms. The number of aromatic nitrogens is 2. The molecule has 2 aromatic rings. The zero-order valence-corrected chi connectivity index (χ0v) is 14.3. The number of hydrogen-bond donors (Lipinski definition) is 0. The Morgan fingerprint density at radius 3 is 2.71 bits per heavy atom.